The maximum Gasteiger partial charge on any atom is 0.313 e. The average Bonchev–Trinajstić information content (AvgIpc) is 2.75. The molecular formula is C22H20ClN3O3. The third kappa shape index (κ3) is 5.33. The number of amides is 2. The molecule has 2 aromatic carbocycles. The summed E-state index contributed by atoms with van der Waals surface area (Å²) in [5, 5.41) is 3.17. The van der Waals surface area contributed by atoms with Crippen molar-refractivity contribution in [2.24, 2.45) is 0 Å². The third-order valence-electron chi connectivity index (χ3n) is 4.41. The first-order chi connectivity index (χ1) is 13.9. The van der Waals surface area contributed by atoms with E-state index >= 15 is 0 Å². The Hall–Kier alpha value is -3.38. The fraction of sp³-hybridized carbons (Fsp3) is 0.136. The molecule has 0 saturated heterocycles. The van der Waals surface area contributed by atoms with Gasteiger partial charge in [-0.25, -0.2) is 4.98 Å². The van der Waals surface area contributed by atoms with Crippen LogP contribution in [0.1, 0.15) is 18.5 Å². The van der Waals surface area contributed by atoms with Gasteiger partial charge < -0.3 is 15.0 Å². The van der Waals surface area contributed by atoms with Crippen LogP contribution >= 0.6 is 11.6 Å². The molecule has 0 radical (unpaired) electrons. The van der Waals surface area contributed by atoms with Crippen LogP contribution in [-0.4, -0.2) is 28.7 Å². The number of carbonyl (C=O) groups is 2. The molecule has 0 bridgehead atoms. The summed E-state index contributed by atoms with van der Waals surface area (Å²) in [5.41, 5.74) is 1.34. The first-order valence-electron chi connectivity index (χ1n) is 8.96. The summed E-state index contributed by atoms with van der Waals surface area (Å²) in [6.45, 7) is 1.87. The molecule has 0 saturated carbocycles. The highest BCUT2D eigenvalue weighted by atomic mass is 35.5. The molecule has 3 rings (SSSR count). The van der Waals surface area contributed by atoms with Gasteiger partial charge in [-0.2, -0.15) is 0 Å². The highest BCUT2D eigenvalue weighted by Gasteiger charge is 2.23. The van der Waals surface area contributed by atoms with Crippen LogP contribution in [-0.2, 0) is 9.59 Å². The van der Waals surface area contributed by atoms with Crippen molar-refractivity contribution in [3.63, 3.8) is 0 Å². The maximum atomic E-state index is 12.5. The molecule has 0 unspecified atom stereocenters. The van der Waals surface area contributed by atoms with Crippen LogP contribution in [0.5, 0.6) is 11.6 Å². The second-order valence-corrected chi connectivity index (χ2v) is 6.83. The molecule has 3 aromatic rings. The Morgan fingerprint density at radius 2 is 1.72 bits per heavy atom. The predicted molar refractivity (Wildman–Crippen MR) is 112 cm³/mol. The molecule has 0 fully saturated rings. The topological polar surface area (TPSA) is 71.5 Å². The number of ether oxygens (including phenoxy) is 1. The zero-order valence-electron chi connectivity index (χ0n) is 16.0. The molecule has 0 spiro atoms. The number of anilines is 1. The van der Waals surface area contributed by atoms with Crippen molar-refractivity contribution in [3.8, 4) is 11.6 Å². The van der Waals surface area contributed by atoms with Crippen molar-refractivity contribution in [2.45, 2.75) is 13.0 Å². The third-order valence-corrected chi connectivity index (χ3v) is 4.66. The smallest absolute Gasteiger partial charge is 0.313 e. The SMILES string of the molecule is C[C@H](c1ccccc1)N(C)C(=O)C(=O)Nc1ccc(Oc2ccc(Cl)cc2)nc1. The summed E-state index contributed by atoms with van der Waals surface area (Å²) in [7, 11) is 1.60. The van der Waals surface area contributed by atoms with E-state index in [0.717, 1.165) is 5.56 Å². The number of pyridine rings is 1. The summed E-state index contributed by atoms with van der Waals surface area (Å²) in [6, 6.07) is 19.4. The molecule has 0 aliphatic rings. The van der Waals surface area contributed by atoms with Crippen LogP contribution < -0.4 is 10.1 Å². The van der Waals surface area contributed by atoms with Gasteiger partial charge in [0.25, 0.3) is 0 Å². The molecule has 1 aromatic heterocycles. The van der Waals surface area contributed by atoms with Gasteiger partial charge in [-0.15, -0.1) is 0 Å². The maximum absolute atomic E-state index is 12.5. The summed E-state index contributed by atoms with van der Waals surface area (Å²) in [5.74, 6) is -0.428. The van der Waals surface area contributed by atoms with Gasteiger partial charge in [-0.1, -0.05) is 41.9 Å². The van der Waals surface area contributed by atoms with Crippen molar-refractivity contribution >= 4 is 29.1 Å². The van der Waals surface area contributed by atoms with E-state index in [1.807, 2.05) is 37.3 Å². The molecule has 1 heterocycles. The van der Waals surface area contributed by atoms with Crippen molar-refractivity contribution in [1.29, 1.82) is 0 Å². The summed E-state index contributed by atoms with van der Waals surface area (Å²) < 4.78 is 5.60. The van der Waals surface area contributed by atoms with Gasteiger partial charge in [0.2, 0.25) is 5.88 Å². The Labute approximate surface area is 174 Å². The lowest BCUT2D eigenvalue weighted by Gasteiger charge is -2.24. The quantitative estimate of drug-likeness (QED) is 0.621. The normalized spacial score (nSPS) is 11.4. The van der Waals surface area contributed by atoms with Crippen molar-refractivity contribution in [3.05, 3.63) is 83.5 Å². The first kappa shape index (κ1) is 20.4. The number of hydrogen-bond acceptors (Lipinski definition) is 4. The number of halogens is 1. The van der Waals surface area contributed by atoms with Gasteiger partial charge in [0, 0.05) is 18.1 Å². The minimum Gasteiger partial charge on any atom is -0.439 e. The lowest BCUT2D eigenvalue weighted by Crippen LogP contribution is -2.38. The van der Waals surface area contributed by atoms with Gasteiger partial charge >= 0.3 is 11.8 Å². The van der Waals surface area contributed by atoms with Crippen LogP contribution in [0.2, 0.25) is 5.02 Å². The van der Waals surface area contributed by atoms with Crippen LogP contribution in [0.4, 0.5) is 5.69 Å². The zero-order chi connectivity index (χ0) is 20.8. The number of benzene rings is 2. The number of rotatable bonds is 5. The van der Waals surface area contributed by atoms with Crippen LogP contribution in [0.3, 0.4) is 0 Å². The largest absolute Gasteiger partial charge is 0.439 e. The van der Waals surface area contributed by atoms with Crippen molar-refractivity contribution in [1.82, 2.24) is 9.88 Å². The van der Waals surface area contributed by atoms with E-state index in [2.05, 4.69) is 10.3 Å². The molecule has 1 atom stereocenters. The monoisotopic (exact) mass is 409 g/mol. The van der Waals surface area contributed by atoms with E-state index in [-0.39, 0.29) is 6.04 Å². The zero-order valence-corrected chi connectivity index (χ0v) is 16.8. The molecular weight excluding hydrogens is 390 g/mol. The number of nitrogens with zero attached hydrogens (tertiary/aromatic N) is 2. The molecule has 6 nitrogen and oxygen atoms in total. The molecule has 148 valence electrons. The molecule has 1 N–H and O–H groups in total. The predicted octanol–water partition coefficient (Wildman–Crippen LogP) is 4.69. The molecule has 29 heavy (non-hydrogen) atoms. The minimum absolute atomic E-state index is 0.234. The Morgan fingerprint density at radius 3 is 2.34 bits per heavy atom. The second kappa shape index (κ2) is 9.21. The van der Waals surface area contributed by atoms with E-state index in [9.17, 15) is 9.59 Å². The van der Waals surface area contributed by atoms with E-state index in [4.69, 9.17) is 16.3 Å². The van der Waals surface area contributed by atoms with E-state index in [0.29, 0.717) is 22.3 Å². The average molecular weight is 410 g/mol. The lowest BCUT2D eigenvalue weighted by molar-refractivity contribution is -0.143. The summed E-state index contributed by atoms with van der Waals surface area (Å²) >= 11 is 5.84. The van der Waals surface area contributed by atoms with Crippen LogP contribution in [0.25, 0.3) is 0 Å². The fourth-order valence-corrected chi connectivity index (χ4v) is 2.74. The van der Waals surface area contributed by atoms with Gasteiger partial charge in [-0.3, -0.25) is 9.59 Å². The van der Waals surface area contributed by atoms with Gasteiger partial charge in [0.1, 0.15) is 5.75 Å². The molecule has 0 aliphatic carbocycles. The number of carbonyl (C=O) groups excluding carboxylic acids is 2. The highest BCUT2D eigenvalue weighted by molar-refractivity contribution is 6.39. The van der Waals surface area contributed by atoms with Gasteiger partial charge in [-0.05, 0) is 42.8 Å². The molecule has 7 heteroatoms. The number of aromatic nitrogens is 1. The number of nitrogens with one attached hydrogen (secondary N) is 1. The van der Waals surface area contributed by atoms with E-state index in [1.165, 1.54) is 11.1 Å². The van der Waals surface area contributed by atoms with Crippen molar-refractivity contribution in [2.75, 3.05) is 12.4 Å². The first-order valence-corrected chi connectivity index (χ1v) is 9.34. The highest BCUT2D eigenvalue weighted by Crippen LogP contribution is 2.22. The van der Waals surface area contributed by atoms with E-state index in [1.54, 1.807) is 43.4 Å². The minimum atomic E-state index is -0.733. The summed E-state index contributed by atoms with van der Waals surface area (Å²) in [6.07, 6.45) is 1.43. The number of hydrogen-bond donors (Lipinski definition) is 1. The van der Waals surface area contributed by atoms with Gasteiger partial charge in [0.15, 0.2) is 0 Å². The van der Waals surface area contributed by atoms with Crippen LogP contribution in [0.15, 0.2) is 72.9 Å². The fourth-order valence-electron chi connectivity index (χ4n) is 2.61. The van der Waals surface area contributed by atoms with Crippen molar-refractivity contribution < 1.29 is 14.3 Å². The Kier molecular flexibility index (Phi) is 6.46. The standard InChI is InChI=1S/C22H20ClN3O3/c1-15(16-6-4-3-5-7-16)26(2)22(28)21(27)25-18-10-13-20(24-14-18)29-19-11-8-17(23)9-12-19/h3-15H,1-2H3,(H,25,27)/t15-/m1/s1. The van der Waals surface area contributed by atoms with E-state index < -0.39 is 11.8 Å². The Balaban J connectivity index is 1.59. The summed E-state index contributed by atoms with van der Waals surface area (Å²) in [4.78, 5) is 30.3. The Morgan fingerprint density at radius 1 is 1.03 bits per heavy atom. The van der Waals surface area contributed by atoms with Gasteiger partial charge in [0.05, 0.1) is 17.9 Å². The Bertz CT molecular complexity index is 976. The van der Waals surface area contributed by atoms with Crippen LogP contribution in [0, 0.1) is 0 Å². The molecule has 0 aliphatic heterocycles. The second-order valence-electron chi connectivity index (χ2n) is 6.40. The lowest BCUT2D eigenvalue weighted by atomic mass is 10.1. The molecule has 2 amide bonds. The number of likely N-dealkylation sites (N-methyl/N-ethyl adjacent to an activating group) is 1.